The number of carbonyl (C=O) groups excluding carboxylic acids is 1. The number of carbonyl (C=O) groups is 2. The van der Waals surface area contributed by atoms with Gasteiger partial charge in [0, 0.05) is 24.2 Å². The number of hydrogen-bond acceptors (Lipinski definition) is 4. The number of rotatable bonds is 8. The van der Waals surface area contributed by atoms with Crippen molar-refractivity contribution in [2.45, 2.75) is 51.7 Å². The molecule has 1 heterocycles. The average molecular weight is 382 g/mol. The molecule has 144 valence electrons. The zero-order valence-corrected chi connectivity index (χ0v) is 16.4. The van der Waals surface area contributed by atoms with Crippen molar-refractivity contribution in [2.24, 2.45) is 0 Å². The first-order valence-electron chi connectivity index (χ1n) is 8.76. The first-order chi connectivity index (χ1) is 12.1. The third-order valence-corrected chi connectivity index (χ3v) is 6.07. The molecule has 0 aliphatic carbocycles. The van der Waals surface area contributed by atoms with Crippen LogP contribution in [0.25, 0.3) is 0 Å². The van der Waals surface area contributed by atoms with Crippen LogP contribution in [0.3, 0.4) is 0 Å². The quantitative estimate of drug-likeness (QED) is 0.746. The van der Waals surface area contributed by atoms with Gasteiger partial charge in [0.15, 0.2) is 0 Å². The molecule has 1 N–H and O–H groups in total. The van der Waals surface area contributed by atoms with Crippen LogP contribution in [0.5, 0.6) is 0 Å². The van der Waals surface area contributed by atoms with Gasteiger partial charge in [0.25, 0.3) is 5.91 Å². The molecule has 1 aliphatic heterocycles. The van der Waals surface area contributed by atoms with Gasteiger partial charge in [-0.15, -0.1) is 0 Å². The number of hydrogen-bond donors (Lipinski definition) is 1. The molecule has 0 aromatic heterocycles. The number of benzene rings is 1. The summed E-state index contributed by atoms with van der Waals surface area (Å²) in [6.07, 6.45) is 3.25. The van der Waals surface area contributed by atoms with Crippen LogP contribution in [0, 0.1) is 0 Å². The highest BCUT2D eigenvalue weighted by Crippen LogP contribution is 2.41. The van der Waals surface area contributed by atoms with Gasteiger partial charge in [-0.25, -0.2) is 13.2 Å². The van der Waals surface area contributed by atoms with Crippen LogP contribution in [0.4, 0.5) is 0 Å². The van der Waals surface area contributed by atoms with Crippen LogP contribution in [0.2, 0.25) is 0 Å². The monoisotopic (exact) mass is 382 g/mol. The van der Waals surface area contributed by atoms with Gasteiger partial charge in [-0.2, -0.15) is 4.31 Å². The molecule has 2 rings (SSSR count). The number of fused-ring (bicyclic) bond motifs is 1. The smallest absolute Gasteiger partial charge is 0.336 e. The maximum Gasteiger partial charge on any atom is 0.336 e. The van der Waals surface area contributed by atoms with Crippen molar-refractivity contribution in [3.8, 4) is 0 Å². The van der Waals surface area contributed by atoms with E-state index in [0.29, 0.717) is 0 Å². The Labute approximate surface area is 154 Å². The van der Waals surface area contributed by atoms with E-state index in [2.05, 4.69) is 0 Å². The lowest BCUT2D eigenvalue weighted by atomic mass is 10.0. The highest BCUT2D eigenvalue weighted by atomic mass is 32.2. The van der Waals surface area contributed by atoms with Crippen molar-refractivity contribution < 1.29 is 23.1 Å². The summed E-state index contributed by atoms with van der Waals surface area (Å²) in [5.41, 5.74) is 0.489. The highest BCUT2D eigenvalue weighted by molar-refractivity contribution is 7.88. The molecule has 26 heavy (non-hydrogen) atoms. The number of carboxylic acid groups (broad SMARTS) is 1. The molecule has 1 aromatic carbocycles. The first-order valence-corrected chi connectivity index (χ1v) is 10.6. The van der Waals surface area contributed by atoms with Gasteiger partial charge in [-0.1, -0.05) is 32.8 Å². The van der Waals surface area contributed by atoms with Crippen LogP contribution in [-0.2, 0) is 10.0 Å². The summed E-state index contributed by atoms with van der Waals surface area (Å²) in [4.78, 5) is 26.4. The molecule has 1 atom stereocenters. The summed E-state index contributed by atoms with van der Waals surface area (Å²) in [5.74, 6) is -1.48. The van der Waals surface area contributed by atoms with Crippen molar-refractivity contribution in [2.75, 3.05) is 13.3 Å². The Morgan fingerprint density at radius 1 is 1.27 bits per heavy atom. The maximum atomic E-state index is 13.1. The molecule has 0 spiro atoms. The van der Waals surface area contributed by atoms with Crippen LogP contribution < -0.4 is 0 Å². The zero-order valence-electron chi connectivity index (χ0n) is 15.6. The summed E-state index contributed by atoms with van der Waals surface area (Å²) in [5, 5.41) is 9.57. The van der Waals surface area contributed by atoms with E-state index < -0.39 is 22.2 Å². The second-order valence-corrected chi connectivity index (χ2v) is 8.71. The van der Waals surface area contributed by atoms with E-state index in [1.54, 1.807) is 11.0 Å². The van der Waals surface area contributed by atoms with Gasteiger partial charge in [-0.05, 0) is 25.0 Å². The van der Waals surface area contributed by atoms with Gasteiger partial charge >= 0.3 is 5.97 Å². The predicted octanol–water partition coefficient (Wildman–Crippen LogP) is 2.70. The minimum Gasteiger partial charge on any atom is -0.478 e. The Morgan fingerprint density at radius 3 is 2.31 bits per heavy atom. The molecule has 8 heteroatoms. The molecule has 0 fully saturated rings. The lowest BCUT2D eigenvalue weighted by molar-refractivity contribution is 0.0439. The van der Waals surface area contributed by atoms with E-state index >= 15 is 0 Å². The first kappa shape index (κ1) is 20.4. The lowest BCUT2D eigenvalue weighted by Gasteiger charge is -2.37. The summed E-state index contributed by atoms with van der Waals surface area (Å²) < 4.78 is 25.6. The normalized spacial score (nSPS) is 17.2. The van der Waals surface area contributed by atoms with Crippen LogP contribution in [0.1, 0.15) is 72.0 Å². The molecule has 1 amide bonds. The fraction of sp³-hybridized carbons (Fsp3) is 0.556. The fourth-order valence-electron chi connectivity index (χ4n) is 3.60. The van der Waals surface area contributed by atoms with Crippen molar-refractivity contribution in [1.82, 2.24) is 9.21 Å². The van der Waals surface area contributed by atoms with E-state index in [1.807, 2.05) is 13.8 Å². The third kappa shape index (κ3) is 3.61. The van der Waals surface area contributed by atoms with Gasteiger partial charge in [0.2, 0.25) is 10.0 Å². The summed E-state index contributed by atoms with van der Waals surface area (Å²) in [7, 11) is -2.25. The minimum absolute atomic E-state index is 0.0365. The summed E-state index contributed by atoms with van der Waals surface area (Å²) >= 11 is 0. The predicted molar refractivity (Wildman–Crippen MR) is 98.5 cm³/mol. The molecule has 1 unspecified atom stereocenters. The Hall–Kier alpha value is -1.93. The topological polar surface area (TPSA) is 95.0 Å². The van der Waals surface area contributed by atoms with E-state index in [9.17, 15) is 23.1 Å². The molecule has 0 bridgehead atoms. The zero-order chi connectivity index (χ0) is 19.6. The Balaban J connectivity index is 2.70. The van der Waals surface area contributed by atoms with Crippen molar-refractivity contribution in [1.29, 1.82) is 0 Å². The molecular formula is C18H26N2O5S. The second-order valence-electron chi connectivity index (χ2n) is 6.67. The Bertz CT molecular complexity index is 800. The maximum absolute atomic E-state index is 13.1. The van der Waals surface area contributed by atoms with Crippen molar-refractivity contribution >= 4 is 21.9 Å². The van der Waals surface area contributed by atoms with E-state index in [-0.39, 0.29) is 28.6 Å². The van der Waals surface area contributed by atoms with Crippen LogP contribution in [-0.4, -0.2) is 54.0 Å². The number of carboxylic acids is 1. The lowest BCUT2D eigenvalue weighted by Crippen LogP contribution is -2.46. The van der Waals surface area contributed by atoms with Crippen LogP contribution in [0.15, 0.2) is 18.2 Å². The van der Waals surface area contributed by atoms with E-state index in [4.69, 9.17) is 0 Å². The third-order valence-electron chi connectivity index (χ3n) is 4.83. The largest absolute Gasteiger partial charge is 0.478 e. The molecule has 7 nitrogen and oxygen atoms in total. The highest BCUT2D eigenvalue weighted by Gasteiger charge is 2.46. The van der Waals surface area contributed by atoms with Gasteiger partial charge in [0.05, 0.1) is 11.8 Å². The second kappa shape index (κ2) is 7.75. The number of amides is 1. The number of nitrogens with zero attached hydrogens (tertiary/aromatic N) is 2. The minimum atomic E-state index is -3.64. The van der Waals surface area contributed by atoms with Gasteiger partial charge in [-0.3, -0.25) is 4.79 Å². The standard InChI is InChI=1S/C18H26N2O5S/c1-5-8-12(9-6-2)20-16(19(3)26(4,24)25)15-13(17(20)21)10-7-11-14(15)18(22)23/h7,10-12,16H,5-6,8-9H2,1-4H3,(H,22,23). The Kier molecular flexibility index (Phi) is 6.08. The molecule has 0 saturated carbocycles. The molecule has 0 radical (unpaired) electrons. The molecule has 0 saturated heterocycles. The Morgan fingerprint density at radius 2 is 1.85 bits per heavy atom. The fourth-order valence-corrected chi connectivity index (χ4v) is 4.17. The molecular weight excluding hydrogens is 356 g/mol. The van der Waals surface area contributed by atoms with Crippen molar-refractivity contribution in [3.63, 3.8) is 0 Å². The van der Waals surface area contributed by atoms with Crippen LogP contribution >= 0.6 is 0 Å². The number of aromatic carboxylic acids is 1. The van der Waals surface area contributed by atoms with Crippen molar-refractivity contribution in [3.05, 3.63) is 34.9 Å². The summed E-state index contributed by atoms with van der Waals surface area (Å²) in [6.45, 7) is 4.02. The summed E-state index contributed by atoms with van der Waals surface area (Å²) in [6, 6.07) is 4.36. The van der Waals surface area contributed by atoms with Gasteiger partial charge < -0.3 is 10.0 Å². The molecule has 1 aromatic rings. The van der Waals surface area contributed by atoms with E-state index in [0.717, 1.165) is 36.2 Å². The van der Waals surface area contributed by atoms with Gasteiger partial charge in [0.1, 0.15) is 6.17 Å². The SMILES string of the molecule is CCCC(CCC)N1C(=O)c2cccc(C(=O)O)c2C1N(C)S(C)(=O)=O. The molecule has 1 aliphatic rings. The number of sulfonamides is 1. The van der Waals surface area contributed by atoms with E-state index in [1.165, 1.54) is 19.2 Å². The average Bonchev–Trinajstić information content (AvgIpc) is 2.85.